The van der Waals surface area contributed by atoms with Gasteiger partial charge >= 0.3 is 0 Å². The zero-order valence-corrected chi connectivity index (χ0v) is 6.04. The maximum Gasteiger partial charge on any atom is 0.0263 e. The van der Waals surface area contributed by atoms with Gasteiger partial charge in [0.1, 0.15) is 0 Å². The van der Waals surface area contributed by atoms with Crippen LogP contribution in [0.15, 0.2) is 29.4 Å². The summed E-state index contributed by atoms with van der Waals surface area (Å²) < 4.78 is 0. The lowest BCUT2D eigenvalue weighted by Crippen LogP contribution is -1.61. The molecule has 0 aromatic carbocycles. The Labute approximate surface area is 56.8 Å². The SMILES string of the molecule is C/C=C/C=C/N=C\CC. The van der Waals surface area contributed by atoms with Crippen molar-refractivity contribution in [1.29, 1.82) is 0 Å². The second-order valence-corrected chi connectivity index (χ2v) is 1.61. The van der Waals surface area contributed by atoms with Crippen molar-refractivity contribution in [3.8, 4) is 0 Å². The van der Waals surface area contributed by atoms with Crippen LogP contribution in [-0.2, 0) is 0 Å². The molecule has 0 aromatic rings. The standard InChI is InChI=1S/C8H13N/c1-3-5-6-8-9-7-4-2/h3,5-8H,4H2,1-2H3/b5-3+,8-6+,9-7-. The Hall–Kier alpha value is -0.850. The first-order chi connectivity index (χ1) is 4.41. The van der Waals surface area contributed by atoms with Gasteiger partial charge in [0.2, 0.25) is 0 Å². The van der Waals surface area contributed by atoms with E-state index in [0.29, 0.717) is 0 Å². The smallest absolute Gasteiger partial charge is 0.0263 e. The number of nitrogens with zero attached hydrogens (tertiary/aromatic N) is 1. The summed E-state index contributed by atoms with van der Waals surface area (Å²) in [4.78, 5) is 3.97. The zero-order valence-electron chi connectivity index (χ0n) is 6.04. The van der Waals surface area contributed by atoms with E-state index in [1.807, 2.05) is 31.4 Å². The molecule has 0 unspecified atom stereocenters. The van der Waals surface area contributed by atoms with Gasteiger partial charge in [-0.15, -0.1) is 0 Å². The van der Waals surface area contributed by atoms with Gasteiger partial charge in [-0.2, -0.15) is 0 Å². The van der Waals surface area contributed by atoms with Crippen LogP contribution in [0.5, 0.6) is 0 Å². The van der Waals surface area contributed by atoms with E-state index in [4.69, 9.17) is 0 Å². The number of rotatable bonds is 3. The average molecular weight is 123 g/mol. The molecule has 0 aromatic heterocycles. The summed E-state index contributed by atoms with van der Waals surface area (Å²) in [5, 5.41) is 0. The number of hydrogen-bond acceptors (Lipinski definition) is 1. The van der Waals surface area contributed by atoms with Crippen LogP contribution >= 0.6 is 0 Å². The van der Waals surface area contributed by atoms with Crippen molar-refractivity contribution in [1.82, 2.24) is 0 Å². The molecule has 0 spiro atoms. The Morgan fingerprint density at radius 3 is 2.67 bits per heavy atom. The fraction of sp³-hybridized carbons (Fsp3) is 0.375. The minimum absolute atomic E-state index is 1.00. The first kappa shape index (κ1) is 8.15. The molecule has 0 bridgehead atoms. The molecule has 0 saturated carbocycles. The molecule has 0 radical (unpaired) electrons. The Bertz CT molecular complexity index is 121. The molecular formula is C8H13N. The van der Waals surface area contributed by atoms with Crippen LogP contribution in [-0.4, -0.2) is 6.21 Å². The largest absolute Gasteiger partial charge is 0.269 e. The van der Waals surface area contributed by atoms with Crippen LogP contribution in [0.4, 0.5) is 0 Å². The monoisotopic (exact) mass is 123 g/mol. The van der Waals surface area contributed by atoms with Gasteiger partial charge in [-0.25, -0.2) is 0 Å². The summed E-state index contributed by atoms with van der Waals surface area (Å²) in [6.45, 7) is 4.04. The fourth-order valence-corrected chi connectivity index (χ4v) is 0.377. The number of allylic oxidation sites excluding steroid dienone is 3. The van der Waals surface area contributed by atoms with Gasteiger partial charge in [-0.3, -0.25) is 4.99 Å². The molecule has 0 amide bonds. The summed E-state index contributed by atoms with van der Waals surface area (Å²) in [6, 6.07) is 0. The first-order valence-electron chi connectivity index (χ1n) is 3.21. The molecule has 0 heterocycles. The fourth-order valence-electron chi connectivity index (χ4n) is 0.377. The normalized spacial score (nSPS) is 12.7. The quantitative estimate of drug-likeness (QED) is 0.404. The topological polar surface area (TPSA) is 12.4 Å². The van der Waals surface area contributed by atoms with E-state index in [-0.39, 0.29) is 0 Å². The van der Waals surface area contributed by atoms with Crippen LogP contribution in [0.2, 0.25) is 0 Å². The molecule has 0 fully saturated rings. The third-order valence-electron chi connectivity index (χ3n) is 0.764. The molecule has 0 rings (SSSR count). The highest BCUT2D eigenvalue weighted by Gasteiger charge is 1.60. The molecule has 1 nitrogen and oxygen atoms in total. The van der Waals surface area contributed by atoms with Crippen molar-refractivity contribution in [3.05, 3.63) is 24.4 Å². The van der Waals surface area contributed by atoms with Gasteiger partial charge in [0.25, 0.3) is 0 Å². The molecule has 0 aliphatic rings. The van der Waals surface area contributed by atoms with Gasteiger partial charge < -0.3 is 0 Å². The van der Waals surface area contributed by atoms with Crippen molar-refractivity contribution in [2.24, 2.45) is 4.99 Å². The van der Waals surface area contributed by atoms with E-state index in [2.05, 4.69) is 11.9 Å². The van der Waals surface area contributed by atoms with Crippen LogP contribution in [0.1, 0.15) is 20.3 Å². The van der Waals surface area contributed by atoms with Crippen LogP contribution < -0.4 is 0 Å². The third-order valence-corrected chi connectivity index (χ3v) is 0.764. The second kappa shape index (κ2) is 7.15. The molecule has 0 aliphatic carbocycles. The summed E-state index contributed by atoms with van der Waals surface area (Å²) in [5.74, 6) is 0. The van der Waals surface area contributed by atoms with E-state index in [1.165, 1.54) is 0 Å². The lowest BCUT2D eigenvalue weighted by molar-refractivity contribution is 1.31. The van der Waals surface area contributed by atoms with E-state index in [0.717, 1.165) is 6.42 Å². The van der Waals surface area contributed by atoms with E-state index < -0.39 is 0 Å². The van der Waals surface area contributed by atoms with Gasteiger partial charge in [0.05, 0.1) is 0 Å². The molecule has 1 heteroatoms. The van der Waals surface area contributed by atoms with Crippen molar-refractivity contribution in [2.75, 3.05) is 0 Å². The lowest BCUT2D eigenvalue weighted by Gasteiger charge is -1.73. The zero-order chi connectivity index (χ0) is 6.95. The van der Waals surface area contributed by atoms with E-state index in [1.54, 1.807) is 6.20 Å². The predicted octanol–water partition coefficient (Wildman–Crippen LogP) is 2.56. The first-order valence-corrected chi connectivity index (χ1v) is 3.21. The minimum atomic E-state index is 1.00. The second-order valence-electron chi connectivity index (χ2n) is 1.61. The summed E-state index contributed by atoms with van der Waals surface area (Å²) in [6.07, 6.45) is 10.5. The van der Waals surface area contributed by atoms with Crippen molar-refractivity contribution in [2.45, 2.75) is 20.3 Å². The number of aliphatic imine (C=N–C) groups is 1. The predicted molar refractivity (Wildman–Crippen MR) is 42.7 cm³/mol. The van der Waals surface area contributed by atoms with Gasteiger partial charge in [0.15, 0.2) is 0 Å². The van der Waals surface area contributed by atoms with Crippen molar-refractivity contribution in [3.63, 3.8) is 0 Å². The molecule has 0 atom stereocenters. The highest BCUT2D eigenvalue weighted by Crippen LogP contribution is 1.77. The molecule has 0 N–H and O–H groups in total. The van der Waals surface area contributed by atoms with Crippen LogP contribution in [0, 0.1) is 0 Å². The van der Waals surface area contributed by atoms with Gasteiger partial charge in [-0.05, 0) is 19.4 Å². The molecule has 9 heavy (non-hydrogen) atoms. The summed E-state index contributed by atoms with van der Waals surface area (Å²) in [7, 11) is 0. The Morgan fingerprint density at radius 1 is 1.33 bits per heavy atom. The lowest BCUT2D eigenvalue weighted by atomic mass is 10.5. The maximum atomic E-state index is 3.97. The van der Waals surface area contributed by atoms with Crippen LogP contribution in [0.25, 0.3) is 0 Å². The van der Waals surface area contributed by atoms with Crippen molar-refractivity contribution >= 4 is 6.21 Å². The summed E-state index contributed by atoms with van der Waals surface area (Å²) >= 11 is 0. The Balaban J connectivity index is 3.35. The third kappa shape index (κ3) is 7.15. The van der Waals surface area contributed by atoms with E-state index in [9.17, 15) is 0 Å². The van der Waals surface area contributed by atoms with E-state index >= 15 is 0 Å². The van der Waals surface area contributed by atoms with Crippen LogP contribution in [0.3, 0.4) is 0 Å². The maximum absolute atomic E-state index is 3.97. The molecule has 50 valence electrons. The highest BCUT2D eigenvalue weighted by atomic mass is 14.7. The highest BCUT2D eigenvalue weighted by molar-refractivity contribution is 5.57. The number of hydrogen-bond donors (Lipinski definition) is 0. The Kier molecular flexibility index (Phi) is 6.47. The van der Waals surface area contributed by atoms with Gasteiger partial charge in [0, 0.05) is 12.4 Å². The van der Waals surface area contributed by atoms with Crippen molar-refractivity contribution < 1.29 is 0 Å². The molecular weight excluding hydrogens is 110 g/mol. The summed E-state index contributed by atoms with van der Waals surface area (Å²) in [5.41, 5.74) is 0. The van der Waals surface area contributed by atoms with Gasteiger partial charge in [-0.1, -0.05) is 19.1 Å². The molecule has 0 saturated heterocycles. The minimum Gasteiger partial charge on any atom is -0.269 e. The average Bonchev–Trinajstić information content (AvgIpc) is 1.89. The Morgan fingerprint density at radius 2 is 2.11 bits per heavy atom. The molecule has 0 aliphatic heterocycles.